The molecule has 0 bridgehead atoms. The van der Waals surface area contributed by atoms with Crippen molar-refractivity contribution in [1.82, 2.24) is 10.2 Å². The Morgan fingerprint density at radius 1 is 1.28 bits per heavy atom. The van der Waals surface area contributed by atoms with E-state index >= 15 is 0 Å². The van der Waals surface area contributed by atoms with Crippen LogP contribution < -0.4 is 5.32 Å². The second-order valence-corrected chi connectivity index (χ2v) is 5.57. The Morgan fingerprint density at radius 3 is 2.78 bits per heavy atom. The van der Waals surface area contributed by atoms with Gasteiger partial charge in [0.15, 0.2) is 0 Å². The predicted molar refractivity (Wildman–Crippen MR) is 71.9 cm³/mol. The van der Waals surface area contributed by atoms with Gasteiger partial charge in [0, 0.05) is 25.2 Å². The maximum absolute atomic E-state index is 12.1. The first-order valence-corrected chi connectivity index (χ1v) is 6.91. The molecular weight excluding hydrogens is 248 g/mol. The summed E-state index contributed by atoms with van der Waals surface area (Å²) in [5.74, 6) is -0.0525. The highest BCUT2D eigenvalue weighted by Gasteiger charge is 2.34. The molecule has 1 amide bonds. The molecule has 96 valence electrons. The third-order valence-electron chi connectivity index (χ3n) is 3.74. The van der Waals surface area contributed by atoms with Crippen molar-refractivity contribution in [3.8, 4) is 0 Å². The summed E-state index contributed by atoms with van der Waals surface area (Å²) < 4.78 is 0. The Morgan fingerprint density at radius 2 is 2.06 bits per heavy atom. The number of rotatable bonds is 3. The zero-order valence-corrected chi connectivity index (χ0v) is 11.0. The van der Waals surface area contributed by atoms with E-state index in [4.69, 9.17) is 11.6 Å². The number of carbonyl (C=O) groups is 1. The van der Waals surface area contributed by atoms with Gasteiger partial charge < -0.3 is 5.32 Å². The fourth-order valence-electron chi connectivity index (χ4n) is 2.58. The normalized spacial score (nSPS) is 24.2. The molecule has 1 heterocycles. The second kappa shape index (κ2) is 4.90. The lowest BCUT2D eigenvalue weighted by molar-refractivity contribution is 0.0937. The van der Waals surface area contributed by atoms with Crippen LogP contribution in [0.15, 0.2) is 24.3 Å². The molecule has 1 aliphatic heterocycles. The van der Waals surface area contributed by atoms with Crippen molar-refractivity contribution in [3.05, 3.63) is 34.9 Å². The second-order valence-electron chi connectivity index (χ2n) is 5.17. The van der Waals surface area contributed by atoms with Crippen LogP contribution in [0, 0.1) is 0 Å². The number of benzene rings is 1. The Bertz CT molecular complexity index is 459. The highest BCUT2D eigenvalue weighted by molar-refractivity contribution is 6.33. The fraction of sp³-hybridized carbons (Fsp3) is 0.500. The molecule has 18 heavy (non-hydrogen) atoms. The van der Waals surface area contributed by atoms with E-state index in [0.717, 1.165) is 25.6 Å². The molecule has 1 saturated carbocycles. The van der Waals surface area contributed by atoms with Crippen molar-refractivity contribution in [1.29, 1.82) is 0 Å². The summed E-state index contributed by atoms with van der Waals surface area (Å²) in [6, 6.07) is 8.25. The van der Waals surface area contributed by atoms with E-state index < -0.39 is 0 Å². The van der Waals surface area contributed by atoms with E-state index in [-0.39, 0.29) is 11.9 Å². The largest absolute Gasteiger partial charge is 0.348 e. The van der Waals surface area contributed by atoms with Gasteiger partial charge in [-0.05, 0) is 31.4 Å². The van der Waals surface area contributed by atoms with Crippen molar-refractivity contribution >= 4 is 17.5 Å². The number of halogens is 1. The highest BCUT2D eigenvalue weighted by Crippen LogP contribution is 2.29. The number of amides is 1. The molecule has 1 aromatic carbocycles. The van der Waals surface area contributed by atoms with Crippen LogP contribution in [0.4, 0.5) is 0 Å². The molecule has 2 fully saturated rings. The molecule has 1 unspecified atom stereocenters. The van der Waals surface area contributed by atoms with Gasteiger partial charge in [0.1, 0.15) is 0 Å². The number of likely N-dealkylation sites (tertiary alicyclic amines) is 1. The van der Waals surface area contributed by atoms with Gasteiger partial charge >= 0.3 is 0 Å². The van der Waals surface area contributed by atoms with E-state index in [1.807, 2.05) is 12.1 Å². The molecule has 0 aromatic heterocycles. The van der Waals surface area contributed by atoms with E-state index in [2.05, 4.69) is 10.2 Å². The molecule has 1 atom stereocenters. The molecule has 2 aliphatic rings. The van der Waals surface area contributed by atoms with E-state index in [1.165, 1.54) is 12.8 Å². The van der Waals surface area contributed by atoms with Crippen molar-refractivity contribution in [2.75, 3.05) is 13.1 Å². The van der Waals surface area contributed by atoms with Crippen LogP contribution in [0.3, 0.4) is 0 Å². The van der Waals surface area contributed by atoms with E-state index in [1.54, 1.807) is 12.1 Å². The van der Waals surface area contributed by atoms with Crippen molar-refractivity contribution in [2.24, 2.45) is 0 Å². The molecule has 1 N–H and O–H groups in total. The molecule has 3 rings (SSSR count). The summed E-state index contributed by atoms with van der Waals surface area (Å²) >= 11 is 6.02. The topological polar surface area (TPSA) is 32.3 Å². The Hall–Kier alpha value is -1.06. The molecule has 1 saturated heterocycles. The SMILES string of the molecule is O=C(NC1CCN(C2CC2)C1)c1ccccc1Cl. The number of hydrogen-bond acceptors (Lipinski definition) is 2. The van der Waals surface area contributed by atoms with Gasteiger partial charge in [-0.1, -0.05) is 23.7 Å². The lowest BCUT2D eigenvalue weighted by Crippen LogP contribution is -2.37. The first-order valence-electron chi connectivity index (χ1n) is 6.53. The first kappa shape index (κ1) is 12.0. The average Bonchev–Trinajstić information content (AvgIpc) is 3.11. The molecule has 0 spiro atoms. The molecule has 1 aromatic rings. The zero-order valence-electron chi connectivity index (χ0n) is 10.2. The molecule has 1 aliphatic carbocycles. The third-order valence-corrected chi connectivity index (χ3v) is 4.07. The summed E-state index contributed by atoms with van der Waals surface area (Å²) in [6.07, 6.45) is 3.70. The van der Waals surface area contributed by atoms with Gasteiger partial charge in [-0.2, -0.15) is 0 Å². The number of hydrogen-bond donors (Lipinski definition) is 1. The zero-order chi connectivity index (χ0) is 12.5. The number of nitrogens with one attached hydrogen (secondary N) is 1. The fourth-order valence-corrected chi connectivity index (χ4v) is 2.81. The standard InChI is InChI=1S/C14H17ClN2O/c15-13-4-2-1-3-12(13)14(18)16-10-7-8-17(9-10)11-5-6-11/h1-4,10-11H,5-9H2,(H,16,18). The lowest BCUT2D eigenvalue weighted by Gasteiger charge is -2.16. The third kappa shape index (κ3) is 2.52. The van der Waals surface area contributed by atoms with E-state index in [0.29, 0.717) is 10.6 Å². The van der Waals surface area contributed by atoms with Crippen LogP contribution in [0.2, 0.25) is 5.02 Å². The van der Waals surface area contributed by atoms with Gasteiger partial charge in [0.25, 0.3) is 5.91 Å². The van der Waals surface area contributed by atoms with Gasteiger partial charge in [0.2, 0.25) is 0 Å². The molecular formula is C14H17ClN2O. The summed E-state index contributed by atoms with van der Waals surface area (Å²) in [6.45, 7) is 2.10. The number of carbonyl (C=O) groups excluding carboxylic acids is 1. The summed E-state index contributed by atoms with van der Waals surface area (Å²) in [5, 5.41) is 3.60. The Kier molecular flexibility index (Phi) is 3.27. The summed E-state index contributed by atoms with van der Waals surface area (Å²) in [4.78, 5) is 14.6. The maximum atomic E-state index is 12.1. The summed E-state index contributed by atoms with van der Waals surface area (Å²) in [5.41, 5.74) is 0.573. The molecule has 4 heteroatoms. The minimum atomic E-state index is -0.0525. The lowest BCUT2D eigenvalue weighted by atomic mass is 10.2. The summed E-state index contributed by atoms with van der Waals surface area (Å²) in [7, 11) is 0. The van der Waals surface area contributed by atoms with E-state index in [9.17, 15) is 4.79 Å². The van der Waals surface area contributed by atoms with Gasteiger partial charge in [-0.25, -0.2) is 0 Å². The minimum absolute atomic E-state index is 0.0525. The van der Waals surface area contributed by atoms with Crippen molar-refractivity contribution < 1.29 is 4.79 Å². The Balaban J connectivity index is 1.60. The predicted octanol–water partition coefficient (Wildman–Crippen LogP) is 2.31. The number of nitrogens with zero attached hydrogens (tertiary/aromatic N) is 1. The van der Waals surface area contributed by atoms with Crippen molar-refractivity contribution in [3.63, 3.8) is 0 Å². The van der Waals surface area contributed by atoms with Crippen LogP contribution in [0.5, 0.6) is 0 Å². The quantitative estimate of drug-likeness (QED) is 0.909. The van der Waals surface area contributed by atoms with Gasteiger partial charge in [-0.15, -0.1) is 0 Å². The first-order chi connectivity index (χ1) is 8.74. The van der Waals surface area contributed by atoms with Gasteiger partial charge in [0.05, 0.1) is 10.6 Å². The molecule has 0 radical (unpaired) electrons. The average molecular weight is 265 g/mol. The Labute approximate surface area is 112 Å². The van der Waals surface area contributed by atoms with Crippen LogP contribution in [-0.4, -0.2) is 36.0 Å². The molecule has 3 nitrogen and oxygen atoms in total. The maximum Gasteiger partial charge on any atom is 0.253 e. The smallest absolute Gasteiger partial charge is 0.253 e. The van der Waals surface area contributed by atoms with Crippen LogP contribution in [0.1, 0.15) is 29.6 Å². The van der Waals surface area contributed by atoms with Crippen LogP contribution in [0.25, 0.3) is 0 Å². The van der Waals surface area contributed by atoms with Crippen LogP contribution in [-0.2, 0) is 0 Å². The monoisotopic (exact) mass is 264 g/mol. The van der Waals surface area contributed by atoms with Gasteiger partial charge in [-0.3, -0.25) is 9.69 Å². The van der Waals surface area contributed by atoms with Crippen LogP contribution >= 0.6 is 11.6 Å². The highest BCUT2D eigenvalue weighted by atomic mass is 35.5. The minimum Gasteiger partial charge on any atom is -0.348 e. The van der Waals surface area contributed by atoms with Crippen molar-refractivity contribution in [2.45, 2.75) is 31.3 Å².